The molecule has 0 bridgehead atoms. The Morgan fingerprint density at radius 3 is 2.67 bits per heavy atom. The van der Waals surface area contributed by atoms with Crippen molar-refractivity contribution in [2.45, 2.75) is 38.0 Å². The van der Waals surface area contributed by atoms with Crippen LogP contribution in [0.2, 0.25) is 5.02 Å². The van der Waals surface area contributed by atoms with E-state index in [1.807, 2.05) is 24.3 Å². The molecule has 0 aliphatic heterocycles. The zero-order valence-corrected chi connectivity index (χ0v) is 13.4. The first-order chi connectivity index (χ1) is 10.2. The third kappa shape index (κ3) is 4.85. The van der Waals surface area contributed by atoms with Crippen LogP contribution in [-0.2, 0) is 9.47 Å². The van der Waals surface area contributed by atoms with E-state index in [1.54, 1.807) is 7.11 Å². The van der Waals surface area contributed by atoms with E-state index in [1.165, 1.54) is 0 Å². The van der Waals surface area contributed by atoms with Gasteiger partial charge < -0.3 is 19.5 Å². The van der Waals surface area contributed by atoms with E-state index in [4.69, 9.17) is 25.8 Å². The smallest absolute Gasteiger partial charge is 0.128 e. The van der Waals surface area contributed by atoms with E-state index in [0.29, 0.717) is 24.3 Å². The normalized spacial score (nSPS) is 24.6. The molecule has 5 heteroatoms. The van der Waals surface area contributed by atoms with Crippen molar-refractivity contribution < 1.29 is 14.2 Å². The fourth-order valence-corrected chi connectivity index (χ4v) is 2.53. The fraction of sp³-hybridized carbons (Fsp3) is 0.625. The van der Waals surface area contributed by atoms with Crippen LogP contribution in [-0.4, -0.2) is 45.1 Å². The summed E-state index contributed by atoms with van der Waals surface area (Å²) in [6.07, 6.45) is 2.23. The Hall–Kier alpha value is -0.810. The Labute approximate surface area is 131 Å². The van der Waals surface area contributed by atoms with Crippen LogP contribution >= 0.6 is 11.6 Å². The lowest BCUT2D eigenvalue weighted by Gasteiger charge is -2.44. The predicted octanol–water partition coefficient (Wildman–Crippen LogP) is 2.89. The number of nitrogens with one attached hydrogen (secondary N) is 1. The zero-order chi connectivity index (χ0) is 15.1. The minimum atomic E-state index is 0.0716. The van der Waals surface area contributed by atoms with Gasteiger partial charge in [-0.2, -0.15) is 0 Å². The van der Waals surface area contributed by atoms with Gasteiger partial charge in [0.05, 0.1) is 13.2 Å². The molecule has 21 heavy (non-hydrogen) atoms. The molecule has 4 nitrogen and oxygen atoms in total. The first-order valence-electron chi connectivity index (χ1n) is 7.50. The van der Waals surface area contributed by atoms with Gasteiger partial charge in [0.15, 0.2) is 0 Å². The Balaban J connectivity index is 1.86. The van der Waals surface area contributed by atoms with Crippen LogP contribution in [0.4, 0.5) is 0 Å². The maximum Gasteiger partial charge on any atom is 0.128 e. The first kappa shape index (κ1) is 16.6. The highest BCUT2D eigenvalue weighted by atomic mass is 35.5. The van der Waals surface area contributed by atoms with Crippen LogP contribution in [0.15, 0.2) is 24.3 Å². The number of hydrogen-bond donors (Lipinski definition) is 1. The van der Waals surface area contributed by atoms with Gasteiger partial charge in [-0.15, -0.1) is 0 Å². The van der Waals surface area contributed by atoms with Crippen LogP contribution in [0.25, 0.3) is 0 Å². The van der Waals surface area contributed by atoms with Gasteiger partial charge in [0.1, 0.15) is 18.0 Å². The molecule has 1 aliphatic rings. The Morgan fingerprint density at radius 2 is 2.00 bits per heavy atom. The second kappa shape index (κ2) is 8.59. The second-order valence-corrected chi connectivity index (χ2v) is 5.67. The summed E-state index contributed by atoms with van der Waals surface area (Å²) in [6, 6.07) is 7.81. The monoisotopic (exact) mass is 313 g/mol. The molecule has 3 unspecified atom stereocenters. The van der Waals surface area contributed by atoms with Crippen molar-refractivity contribution in [1.82, 2.24) is 5.32 Å². The average Bonchev–Trinajstić information content (AvgIpc) is 2.48. The summed E-state index contributed by atoms with van der Waals surface area (Å²) in [6.45, 7) is 4.35. The second-order valence-electron chi connectivity index (χ2n) is 5.23. The molecule has 0 saturated heterocycles. The van der Waals surface area contributed by atoms with Crippen molar-refractivity contribution in [3.05, 3.63) is 29.3 Å². The third-order valence-electron chi connectivity index (χ3n) is 3.60. The highest BCUT2D eigenvalue weighted by Gasteiger charge is 2.43. The molecular weight excluding hydrogens is 290 g/mol. The quantitative estimate of drug-likeness (QED) is 0.712. The Bertz CT molecular complexity index is 412. The molecule has 1 aromatic rings. The van der Waals surface area contributed by atoms with Gasteiger partial charge >= 0.3 is 0 Å². The van der Waals surface area contributed by atoms with Crippen LogP contribution < -0.4 is 10.1 Å². The molecule has 1 aliphatic carbocycles. The van der Waals surface area contributed by atoms with E-state index in [0.717, 1.165) is 25.1 Å². The number of ether oxygens (including phenoxy) is 3. The number of rotatable bonds is 9. The first-order valence-corrected chi connectivity index (χ1v) is 7.88. The van der Waals surface area contributed by atoms with Gasteiger partial charge in [0.25, 0.3) is 0 Å². The van der Waals surface area contributed by atoms with Crippen LogP contribution in [0, 0.1) is 0 Å². The zero-order valence-electron chi connectivity index (χ0n) is 12.7. The number of halogens is 1. The molecule has 3 atom stereocenters. The summed E-state index contributed by atoms with van der Waals surface area (Å²) >= 11 is 5.89. The lowest BCUT2D eigenvalue weighted by Crippen LogP contribution is -2.61. The third-order valence-corrected chi connectivity index (χ3v) is 3.86. The topological polar surface area (TPSA) is 39.7 Å². The largest absolute Gasteiger partial charge is 0.488 e. The lowest BCUT2D eigenvalue weighted by molar-refractivity contribution is -0.115. The van der Waals surface area contributed by atoms with Crippen molar-refractivity contribution in [2.75, 3.05) is 26.9 Å². The Kier molecular flexibility index (Phi) is 6.77. The standard InChI is InChI=1S/C16H24ClNO3/c1-3-8-18-14-11-15(16(14)20-10-9-19-2)21-13-6-4-12(17)5-7-13/h4-7,14-16,18H,3,8-11H2,1-2H3. The maximum absolute atomic E-state index is 5.99. The van der Waals surface area contributed by atoms with Crippen LogP contribution in [0.5, 0.6) is 5.75 Å². The molecule has 0 amide bonds. The number of benzene rings is 1. The van der Waals surface area contributed by atoms with E-state index in [-0.39, 0.29) is 12.2 Å². The molecule has 1 N–H and O–H groups in total. The number of hydrogen-bond acceptors (Lipinski definition) is 4. The van der Waals surface area contributed by atoms with Crippen LogP contribution in [0.3, 0.4) is 0 Å². The molecule has 0 radical (unpaired) electrons. The highest BCUT2D eigenvalue weighted by Crippen LogP contribution is 2.29. The van der Waals surface area contributed by atoms with Crippen molar-refractivity contribution in [3.8, 4) is 5.75 Å². The van der Waals surface area contributed by atoms with Crippen molar-refractivity contribution in [2.24, 2.45) is 0 Å². The van der Waals surface area contributed by atoms with Gasteiger partial charge in [0, 0.05) is 24.6 Å². The summed E-state index contributed by atoms with van der Waals surface area (Å²) in [5.74, 6) is 0.832. The minimum Gasteiger partial charge on any atom is -0.488 e. The summed E-state index contributed by atoms with van der Waals surface area (Å²) in [5, 5.41) is 4.22. The maximum atomic E-state index is 5.99. The molecular formula is C16H24ClNO3. The fourth-order valence-electron chi connectivity index (χ4n) is 2.41. The molecule has 2 rings (SSSR count). The van der Waals surface area contributed by atoms with Crippen molar-refractivity contribution in [1.29, 1.82) is 0 Å². The van der Waals surface area contributed by atoms with E-state index in [9.17, 15) is 0 Å². The number of methoxy groups -OCH3 is 1. The molecule has 0 aromatic heterocycles. The van der Waals surface area contributed by atoms with Gasteiger partial charge in [-0.3, -0.25) is 0 Å². The SMILES string of the molecule is CCCNC1CC(Oc2ccc(Cl)cc2)C1OCCOC. The Morgan fingerprint density at radius 1 is 1.24 bits per heavy atom. The predicted molar refractivity (Wildman–Crippen MR) is 84.2 cm³/mol. The lowest BCUT2D eigenvalue weighted by atomic mass is 9.85. The van der Waals surface area contributed by atoms with Gasteiger partial charge in [0.2, 0.25) is 0 Å². The van der Waals surface area contributed by atoms with Crippen molar-refractivity contribution >= 4 is 11.6 Å². The van der Waals surface area contributed by atoms with Gasteiger partial charge in [-0.25, -0.2) is 0 Å². The molecule has 0 heterocycles. The van der Waals surface area contributed by atoms with E-state index < -0.39 is 0 Å². The summed E-state index contributed by atoms with van der Waals surface area (Å²) in [5.41, 5.74) is 0. The van der Waals surface area contributed by atoms with E-state index >= 15 is 0 Å². The summed E-state index contributed by atoms with van der Waals surface area (Å²) < 4.78 is 16.9. The van der Waals surface area contributed by atoms with Gasteiger partial charge in [-0.05, 0) is 37.2 Å². The molecule has 1 saturated carbocycles. The van der Waals surface area contributed by atoms with Crippen LogP contribution in [0.1, 0.15) is 19.8 Å². The molecule has 1 fully saturated rings. The van der Waals surface area contributed by atoms with Gasteiger partial charge in [-0.1, -0.05) is 18.5 Å². The summed E-state index contributed by atoms with van der Waals surface area (Å²) in [4.78, 5) is 0. The molecule has 1 aromatic carbocycles. The average molecular weight is 314 g/mol. The van der Waals surface area contributed by atoms with E-state index in [2.05, 4.69) is 12.2 Å². The highest BCUT2D eigenvalue weighted by molar-refractivity contribution is 6.30. The minimum absolute atomic E-state index is 0.0716. The van der Waals surface area contributed by atoms with Crippen molar-refractivity contribution in [3.63, 3.8) is 0 Å². The summed E-state index contributed by atoms with van der Waals surface area (Å²) in [7, 11) is 1.68. The molecule has 0 spiro atoms. The molecule has 118 valence electrons.